The maximum atomic E-state index is 12.3. The van der Waals surface area contributed by atoms with Gasteiger partial charge in [0.2, 0.25) is 5.91 Å². The summed E-state index contributed by atoms with van der Waals surface area (Å²) in [7, 11) is 4.33. The van der Waals surface area contributed by atoms with Crippen LogP contribution in [0.25, 0.3) is 10.4 Å². The Kier molecular flexibility index (Phi) is 7.04. The lowest BCUT2D eigenvalue weighted by Crippen LogP contribution is -2.44. The number of hydrogen-bond donors (Lipinski definition) is 2. The van der Waals surface area contributed by atoms with Gasteiger partial charge in [-0.2, -0.15) is 0 Å². The number of nitrogens with zero attached hydrogens (tertiary/aromatic N) is 3. The highest BCUT2D eigenvalue weighted by molar-refractivity contribution is 7.19. The van der Waals surface area contributed by atoms with Gasteiger partial charge in [-0.25, -0.2) is 0 Å². The van der Waals surface area contributed by atoms with Crippen molar-refractivity contribution in [1.29, 1.82) is 0 Å². The monoisotopic (exact) mass is 427 g/mol. The van der Waals surface area contributed by atoms with Gasteiger partial charge < -0.3 is 25.3 Å². The van der Waals surface area contributed by atoms with Crippen LogP contribution in [0.3, 0.4) is 0 Å². The van der Waals surface area contributed by atoms with Gasteiger partial charge in [0.15, 0.2) is 0 Å². The lowest BCUT2D eigenvalue weighted by atomic mass is 10.1. The zero-order chi connectivity index (χ0) is 20.9. The molecule has 1 aromatic heterocycles. The number of thiophene rings is 1. The first-order chi connectivity index (χ1) is 14.6. The van der Waals surface area contributed by atoms with Crippen molar-refractivity contribution in [3.8, 4) is 10.4 Å². The number of carbonyl (C=O) groups excluding carboxylic acids is 1. The van der Waals surface area contributed by atoms with Gasteiger partial charge in [-0.05, 0) is 69.9 Å². The molecule has 162 valence electrons. The Morgan fingerprint density at radius 2 is 1.60 bits per heavy atom. The number of piperidine rings is 1. The van der Waals surface area contributed by atoms with Crippen LogP contribution >= 0.6 is 11.3 Å². The van der Waals surface area contributed by atoms with Crippen LogP contribution in [-0.4, -0.2) is 81.7 Å². The maximum absolute atomic E-state index is 12.3. The van der Waals surface area contributed by atoms with Gasteiger partial charge in [0.05, 0.1) is 11.5 Å². The molecule has 7 heteroatoms. The van der Waals surface area contributed by atoms with Crippen molar-refractivity contribution < 1.29 is 4.79 Å². The summed E-state index contributed by atoms with van der Waals surface area (Å²) in [5, 5.41) is 7.35. The summed E-state index contributed by atoms with van der Waals surface area (Å²) < 4.78 is 0. The lowest BCUT2D eigenvalue weighted by molar-refractivity contribution is -0.115. The van der Waals surface area contributed by atoms with Crippen molar-refractivity contribution in [2.24, 2.45) is 0 Å². The average Bonchev–Trinajstić information content (AvgIpc) is 3.22. The lowest BCUT2D eigenvalue weighted by Gasteiger charge is -2.34. The van der Waals surface area contributed by atoms with Crippen LogP contribution < -0.4 is 15.5 Å². The Morgan fingerprint density at radius 3 is 2.30 bits per heavy atom. The van der Waals surface area contributed by atoms with Crippen molar-refractivity contribution in [3.63, 3.8) is 0 Å². The first-order valence-corrected chi connectivity index (χ1v) is 11.7. The second kappa shape index (κ2) is 9.92. The van der Waals surface area contributed by atoms with Crippen LogP contribution in [-0.2, 0) is 4.79 Å². The van der Waals surface area contributed by atoms with E-state index < -0.39 is 0 Å². The molecule has 4 rings (SSSR count). The molecule has 2 aromatic rings. The Bertz CT molecular complexity index is 820. The highest BCUT2D eigenvalue weighted by Crippen LogP contribution is 2.32. The van der Waals surface area contributed by atoms with E-state index in [0.717, 1.165) is 57.1 Å². The topological polar surface area (TPSA) is 50.9 Å². The second-order valence-electron chi connectivity index (χ2n) is 8.51. The summed E-state index contributed by atoms with van der Waals surface area (Å²) in [5.74, 6) is 0.0349. The minimum Gasteiger partial charge on any atom is -0.369 e. The molecule has 2 aliphatic rings. The third-order valence-electron chi connectivity index (χ3n) is 6.16. The number of anilines is 2. The van der Waals surface area contributed by atoms with Crippen LogP contribution in [0.15, 0.2) is 36.4 Å². The molecule has 2 aliphatic heterocycles. The molecule has 0 spiro atoms. The van der Waals surface area contributed by atoms with Gasteiger partial charge in [-0.1, -0.05) is 12.1 Å². The molecule has 1 aromatic carbocycles. The number of benzene rings is 1. The molecule has 0 radical (unpaired) electrons. The number of likely N-dealkylation sites (N-methyl/N-ethyl adjacent to an activating group) is 1. The summed E-state index contributed by atoms with van der Waals surface area (Å²) >= 11 is 1.63. The van der Waals surface area contributed by atoms with Crippen LogP contribution in [0.2, 0.25) is 0 Å². The van der Waals surface area contributed by atoms with E-state index in [1.165, 1.54) is 16.1 Å². The Balaban J connectivity index is 1.27. The predicted octanol–water partition coefficient (Wildman–Crippen LogP) is 2.79. The van der Waals surface area contributed by atoms with Gasteiger partial charge in [0.1, 0.15) is 0 Å². The number of hydrogen-bond acceptors (Lipinski definition) is 6. The molecule has 0 aliphatic carbocycles. The highest BCUT2D eigenvalue weighted by atomic mass is 32.1. The first-order valence-electron chi connectivity index (χ1n) is 10.9. The maximum Gasteiger partial charge on any atom is 0.238 e. The molecule has 6 nitrogen and oxygen atoms in total. The van der Waals surface area contributed by atoms with Crippen LogP contribution in [0.4, 0.5) is 10.7 Å². The van der Waals surface area contributed by atoms with Gasteiger partial charge in [0, 0.05) is 42.8 Å². The summed E-state index contributed by atoms with van der Waals surface area (Å²) in [6, 6.07) is 13.3. The standard InChI is InChI=1S/C23H33N5OS/c1-26-11-9-19(10-12-26)24-17-22(29)25-23-8-7-21(30-23)18-3-5-20(6-4-18)28-15-13-27(2)14-16-28/h3-8,19,24H,9-17H2,1-2H3,(H,25,29). The van der Waals surface area contributed by atoms with Crippen LogP contribution in [0.5, 0.6) is 0 Å². The molecule has 0 bridgehead atoms. The summed E-state index contributed by atoms with van der Waals surface area (Å²) in [4.78, 5) is 20.7. The van der Waals surface area contributed by atoms with Gasteiger partial charge in [-0.3, -0.25) is 4.79 Å². The predicted molar refractivity (Wildman–Crippen MR) is 127 cm³/mol. The minimum atomic E-state index is 0.0349. The quantitative estimate of drug-likeness (QED) is 0.743. The van der Waals surface area contributed by atoms with E-state index in [0.29, 0.717) is 12.6 Å². The molecule has 3 heterocycles. The third kappa shape index (κ3) is 5.60. The van der Waals surface area contributed by atoms with Crippen molar-refractivity contribution >= 4 is 27.9 Å². The molecular formula is C23H33N5OS. The first kappa shape index (κ1) is 21.3. The molecule has 0 atom stereocenters. The molecule has 30 heavy (non-hydrogen) atoms. The molecule has 0 unspecified atom stereocenters. The third-order valence-corrected chi connectivity index (χ3v) is 7.21. The van der Waals surface area contributed by atoms with E-state index in [9.17, 15) is 4.79 Å². The molecule has 1 amide bonds. The van der Waals surface area contributed by atoms with E-state index in [-0.39, 0.29) is 5.91 Å². The Labute approximate surface area is 183 Å². The number of rotatable bonds is 6. The van der Waals surface area contributed by atoms with Crippen molar-refractivity contribution in [1.82, 2.24) is 15.1 Å². The molecular weight excluding hydrogens is 394 g/mol. The SMILES string of the molecule is CN1CCC(NCC(=O)Nc2ccc(-c3ccc(N4CCN(C)CC4)cc3)s2)CC1. The zero-order valence-corrected chi connectivity index (χ0v) is 18.9. The molecule has 0 saturated carbocycles. The van der Waals surface area contributed by atoms with E-state index in [4.69, 9.17) is 0 Å². The van der Waals surface area contributed by atoms with E-state index in [1.54, 1.807) is 11.3 Å². The number of nitrogens with one attached hydrogen (secondary N) is 2. The fourth-order valence-corrected chi connectivity index (χ4v) is 5.02. The van der Waals surface area contributed by atoms with Gasteiger partial charge >= 0.3 is 0 Å². The largest absolute Gasteiger partial charge is 0.369 e. The number of piperazine rings is 1. The normalized spacial score (nSPS) is 19.2. The van der Waals surface area contributed by atoms with Crippen LogP contribution in [0, 0.1) is 0 Å². The average molecular weight is 428 g/mol. The van der Waals surface area contributed by atoms with E-state index in [2.05, 4.69) is 69.8 Å². The summed E-state index contributed by atoms with van der Waals surface area (Å²) in [6.07, 6.45) is 2.22. The Hall–Kier alpha value is -1.93. The zero-order valence-electron chi connectivity index (χ0n) is 18.1. The van der Waals surface area contributed by atoms with Crippen molar-refractivity contribution in [2.75, 3.05) is 70.1 Å². The van der Waals surface area contributed by atoms with Crippen molar-refractivity contribution in [3.05, 3.63) is 36.4 Å². The summed E-state index contributed by atoms with van der Waals surface area (Å²) in [6.45, 7) is 6.96. The van der Waals surface area contributed by atoms with Gasteiger partial charge in [-0.15, -0.1) is 11.3 Å². The fraction of sp³-hybridized carbons (Fsp3) is 0.522. The van der Waals surface area contributed by atoms with Crippen LogP contribution in [0.1, 0.15) is 12.8 Å². The van der Waals surface area contributed by atoms with E-state index in [1.807, 2.05) is 6.07 Å². The fourth-order valence-electron chi connectivity index (χ4n) is 4.09. The molecule has 2 N–H and O–H groups in total. The number of likely N-dealkylation sites (tertiary alicyclic amines) is 1. The number of amides is 1. The smallest absolute Gasteiger partial charge is 0.238 e. The Morgan fingerprint density at radius 1 is 0.933 bits per heavy atom. The number of carbonyl (C=O) groups is 1. The summed E-state index contributed by atoms with van der Waals surface area (Å²) in [5.41, 5.74) is 2.49. The molecule has 2 fully saturated rings. The van der Waals surface area contributed by atoms with Gasteiger partial charge in [0.25, 0.3) is 0 Å². The highest BCUT2D eigenvalue weighted by Gasteiger charge is 2.17. The second-order valence-corrected chi connectivity index (χ2v) is 9.59. The molecule has 2 saturated heterocycles. The van der Waals surface area contributed by atoms with Crippen molar-refractivity contribution in [2.45, 2.75) is 18.9 Å². The minimum absolute atomic E-state index is 0.0349. The van der Waals surface area contributed by atoms with E-state index >= 15 is 0 Å².